The summed E-state index contributed by atoms with van der Waals surface area (Å²) in [5.41, 5.74) is -5.34. The van der Waals surface area contributed by atoms with Gasteiger partial charge < -0.3 is 10.7 Å². The van der Waals surface area contributed by atoms with E-state index >= 15 is 0 Å². The fourth-order valence-corrected chi connectivity index (χ4v) is 4.59. The van der Waals surface area contributed by atoms with Crippen molar-refractivity contribution in [2.45, 2.75) is 18.5 Å². The van der Waals surface area contributed by atoms with Crippen molar-refractivity contribution < 1.29 is 47.9 Å². The van der Waals surface area contributed by atoms with Crippen molar-refractivity contribution >= 4 is 56.1 Å². The smallest absolute Gasteiger partial charge is 0.368 e. The molecule has 2 heterocycles. The van der Waals surface area contributed by atoms with Gasteiger partial charge in [0.05, 0.1) is 32.5 Å². The summed E-state index contributed by atoms with van der Waals surface area (Å²) in [5, 5.41) is 9.92. The highest BCUT2D eigenvalue weighted by Gasteiger charge is 2.43. The topological polar surface area (TPSA) is 114 Å². The average molecular weight is 617 g/mol. The number of nitrogens with zero attached hydrogens (tertiary/aromatic N) is 4. The highest BCUT2D eigenvalue weighted by atomic mass is 35.5. The molecule has 0 aliphatic rings. The summed E-state index contributed by atoms with van der Waals surface area (Å²) >= 11 is 11.8. The molecule has 8 nitrogen and oxygen atoms in total. The molecule has 1 aromatic carbocycles. The Bertz CT molecular complexity index is 1480. The van der Waals surface area contributed by atoms with E-state index in [1.54, 1.807) is 0 Å². The summed E-state index contributed by atoms with van der Waals surface area (Å²) in [6, 6.07) is 0.704. The Morgan fingerprint density at radius 1 is 0.947 bits per heavy atom. The van der Waals surface area contributed by atoms with Crippen molar-refractivity contribution in [3.8, 4) is 5.69 Å². The number of hydrogen-bond donors (Lipinski definition) is 2. The minimum Gasteiger partial charge on any atom is -0.368 e. The number of fused-ring (bicyclic) bond motifs is 1. The molecular weight excluding hydrogens is 606 g/mol. The molecule has 0 amide bonds. The quantitative estimate of drug-likeness (QED) is 0.262. The van der Waals surface area contributed by atoms with Gasteiger partial charge in [-0.1, -0.05) is 23.2 Å². The number of nitrogens with one attached hydrogen (secondary N) is 2. The Morgan fingerprint density at radius 3 is 2.00 bits per heavy atom. The van der Waals surface area contributed by atoms with Crippen molar-refractivity contribution in [3.63, 3.8) is 0 Å². The molecule has 0 aliphatic heterocycles. The first-order valence-corrected chi connectivity index (χ1v) is 12.3. The number of aromatic nitrogens is 4. The number of anilines is 1. The number of benzene rings is 1. The van der Waals surface area contributed by atoms with Crippen LogP contribution in [0.25, 0.3) is 16.7 Å². The first-order chi connectivity index (χ1) is 17.3. The monoisotopic (exact) mass is 616 g/mol. The molecular formula is C18H11Cl2F9N6O2S. The van der Waals surface area contributed by atoms with Crippen LogP contribution in [0.15, 0.2) is 12.1 Å². The van der Waals surface area contributed by atoms with Gasteiger partial charge in [0.15, 0.2) is 21.2 Å². The Hall–Kier alpha value is -2.86. The molecule has 208 valence electrons. The molecule has 2 N–H and O–H groups in total. The van der Waals surface area contributed by atoms with Crippen LogP contribution in [0.4, 0.5) is 45.3 Å². The van der Waals surface area contributed by atoms with E-state index in [0.717, 1.165) is 0 Å². The van der Waals surface area contributed by atoms with Gasteiger partial charge in [0.1, 0.15) is 11.5 Å². The second-order valence-electron chi connectivity index (χ2n) is 7.38. The maximum Gasteiger partial charge on any atom is 0.451 e. The average Bonchev–Trinajstić information content (AvgIpc) is 3.08. The first kappa shape index (κ1) is 29.7. The van der Waals surface area contributed by atoms with Crippen LogP contribution in [-0.2, 0) is 28.4 Å². The third-order valence-corrected chi connectivity index (χ3v) is 6.73. The van der Waals surface area contributed by atoms with Gasteiger partial charge in [0.25, 0.3) is 0 Å². The van der Waals surface area contributed by atoms with Gasteiger partial charge >= 0.3 is 18.5 Å². The molecule has 0 atom stereocenters. The summed E-state index contributed by atoms with van der Waals surface area (Å²) in [5.74, 6) is -4.56. The molecule has 0 aliphatic carbocycles. The van der Waals surface area contributed by atoms with Gasteiger partial charge in [-0.2, -0.15) is 39.5 Å². The molecule has 2 aromatic heterocycles. The molecule has 0 bridgehead atoms. The molecule has 0 fully saturated rings. The van der Waals surface area contributed by atoms with E-state index in [-0.39, 0.29) is 0 Å². The standard InChI is InChI=1S/C18H11Cl2F9N6O2S/c19-8-5-7(16(21,22)23)6-9(20)11(8)35-14(31-2-4-38(36,37)3-1-30)10-12(17(24,25)26)32-15(18(27,28)29)33-13(10)34-35/h1,5-6,30-31H,2-4H2. The minimum atomic E-state index is -5.52. The lowest BCUT2D eigenvalue weighted by Crippen LogP contribution is -2.21. The zero-order valence-electron chi connectivity index (χ0n) is 18.0. The third kappa shape index (κ3) is 6.23. The van der Waals surface area contributed by atoms with Gasteiger partial charge in [0.2, 0.25) is 5.82 Å². The summed E-state index contributed by atoms with van der Waals surface area (Å²) in [6.45, 7) is -0.675. The summed E-state index contributed by atoms with van der Waals surface area (Å²) in [4.78, 5) is 5.58. The lowest BCUT2D eigenvalue weighted by Gasteiger charge is -2.16. The van der Waals surface area contributed by atoms with Crippen molar-refractivity contribution in [1.82, 2.24) is 19.7 Å². The maximum absolute atomic E-state index is 13.8. The molecule has 0 spiro atoms. The SMILES string of the molecule is N=CCS(=O)(=O)CCNc1c2c(C(F)(F)F)nc(C(F)(F)F)nc2nn1-c1c(Cl)cc(C(F)(F)F)cc1Cl. The third-order valence-electron chi connectivity index (χ3n) is 4.65. The van der Waals surface area contributed by atoms with Crippen molar-refractivity contribution in [3.05, 3.63) is 39.3 Å². The lowest BCUT2D eigenvalue weighted by molar-refractivity contribution is -0.151. The predicted octanol–water partition coefficient (Wildman–Crippen LogP) is 5.65. The highest BCUT2D eigenvalue weighted by Crippen LogP contribution is 2.43. The van der Waals surface area contributed by atoms with E-state index in [0.29, 0.717) is 23.0 Å². The normalized spacial score (nSPS) is 13.2. The molecule has 0 unspecified atom stereocenters. The summed E-state index contributed by atoms with van der Waals surface area (Å²) in [7, 11) is -3.93. The molecule has 3 rings (SSSR count). The maximum atomic E-state index is 13.8. The Labute approximate surface area is 216 Å². The van der Waals surface area contributed by atoms with E-state index < -0.39 is 96.1 Å². The van der Waals surface area contributed by atoms with E-state index in [1.165, 1.54) is 0 Å². The van der Waals surface area contributed by atoms with Crippen LogP contribution in [0.3, 0.4) is 0 Å². The van der Waals surface area contributed by atoms with Crippen LogP contribution in [0.2, 0.25) is 10.0 Å². The van der Waals surface area contributed by atoms with E-state index in [9.17, 15) is 47.9 Å². The number of rotatable bonds is 7. The Morgan fingerprint density at radius 2 is 1.53 bits per heavy atom. The number of hydrogen-bond acceptors (Lipinski definition) is 7. The fourth-order valence-electron chi connectivity index (χ4n) is 3.11. The van der Waals surface area contributed by atoms with Crippen LogP contribution >= 0.6 is 23.2 Å². The molecule has 0 saturated carbocycles. The van der Waals surface area contributed by atoms with Crippen molar-refractivity contribution in [1.29, 1.82) is 5.41 Å². The highest BCUT2D eigenvalue weighted by molar-refractivity contribution is 7.92. The zero-order chi connectivity index (χ0) is 28.8. The van der Waals surface area contributed by atoms with Crippen LogP contribution in [0, 0.1) is 5.41 Å². The minimum absolute atomic E-state index is 0.352. The lowest BCUT2D eigenvalue weighted by atomic mass is 10.2. The molecule has 0 radical (unpaired) electrons. The molecule has 38 heavy (non-hydrogen) atoms. The second-order valence-corrected chi connectivity index (χ2v) is 10.4. The first-order valence-electron chi connectivity index (χ1n) is 9.71. The van der Waals surface area contributed by atoms with Gasteiger partial charge in [-0.25, -0.2) is 23.1 Å². The fraction of sp³-hybridized carbons (Fsp3) is 0.333. The zero-order valence-corrected chi connectivity index (χ0v) is 20.4. The van der Waals surface area contributed by atoms with Gasteiger partial charge in [-0.05, 0) is 12.1 Å². The Balaban J connectivity index is 2.35. The number of sulfone groups is 1. The largest absolute Gasteiger partial charge is 0.451 e. The molecule has 0 saturated heterocycles. The van der Waals surface area contributed by atoms with Crippen LogP contribution < -0.4 is 5.32 Å². The van der Waals surface area contributed by atoms with E-state index in [4.69, 9.17) is 28.6 Å². The van der Waals surface area contributed by atoms with Gasteiger partial charge in [-0.3, -0.25) is 0 Å². The van der Waals surface area contributed by atoms with E-state index in [2.05, 4.69) is 20.4 Å². The van der Waals surface area contributed by atoms with Crippen LogP contribution in [0.5, 0.6) is 0 Å². The van der Waals surface area contributed by atoms with Crippen LogP contribution in [-0.4, -0.2) is 52.4 Å². The Kier molecular flexibility index (Phi) is 7.84. The van der Waals surface area contributed by atoms with Gasteiger partial charge in [0, 0.05) is 12.8 Å². The molecule has 3 aromatic rings. The molecule has 20 heteroatoms. The summed E-state index contributed by atoms with van der Waals surface area (Å²) in [6.07, 6.45) is -15.4. The number of alkyl halides is 9. The van der Waals surface area contributed by atoms with Crippen molar-refractivity contribution in [2.24, 2.45) is 0 Å². The second kappa shape index (κ2) is 10.0. The van der Waals surface area contributed by atoms with Crippen molar-refractivity contribution in [2.75, 3.05) is 23.4 Å². The number of halogens is 11. The van der Waals surface area contributed by atoms with Gasteiger partial charge in [-0.15, -0.1) is 5.10 Å². The summed E-state index contributed by atoms with van der Waals surface area (Å²) < 4.78 is 145. The predicted molar refractivity (Wildman–Crippen MR) is 118 cm³/mol. The van der Waals surface area contributed by atoms with E-state index in [1.807, 2.05) is 0 Å². The van der Waals surface area contributed by atoms with Crippen LogP contribution in [0.1, 0.15) is 17.1 Å².